The van der Waals surface area contributed by atoms with Gasteiger partial charge in [-0.25, -0.2) is 0 Å². The highest BCUT2D eigenvalue weighted by Gasteiger charge is 2.31. The molecule has 1 heterocycles. The van der Waals surface area contributed by atoms with Gasteiger partial charge in [-0.1, -0.05) is 19.9 Å². The van der Waals surface area contributed by atoms with Crippen LogP contribution in [0.15, 0.2) is 18.2 Å². The lowest BCUT2D eigenvalue weighted by atomic mass is 9.86. The monoisotopic (exact) mass is 192 g/mol. The second kappa shape index (κ2) is 2.99. The van der Waals surface area contributed by atoms with E-state index in [4.69, 9.17) is 4.74 Å². The maximum atomic E-state index is 9.48. The molecule has 76 valence electrons. The molecule has 0 radical (unpaired) electrons. The lowest BCUT2D eigenvalue weighted by Crippen LogP contribution is -2.18. The minimum absolute atomic E-state index is 0.0697. The normalized spacial score (nSPS) is 20.0. The van der Waals surface area contributed by atoms with Crippen LogP contribution in [0.25, 0.3) is 0 Å². The molecule has 0 bridgehead atoms. The molecular formula is C12H16O2. The van der Waals surface area contributed by atoms with Crippen molar-refractivity contribution in [2.75, 3.05) is 6.61 Å². The number of hydrogen-bond acceptors (Lipinski definition) is 2. The zero-order valence-electron chi connectivity index (χ0n) is 8.87. The third-order valence-electron chi connectivity index (χ3n) is 2.80. The zero-order valence-corrected chi connectivity index (χ0v) is 8.87. The van der Waals surface area contributed by atoms with E-state index < -0.39 is 6.10 Å². The van der Waals surface area contributed by atoms with Gasteiger partial charge < -0.3 is 9.84 Å². The van der Waals surface area contributed by atoms with E-state index in [9.17, 15) is 5.11 Å². The van der Waals surface area contributed by atoms with Crippen molar-refractivity contribution in [3.63, 3.8) is 0 Å². The van der Waals surface area contributed by atoms with Gasteiger partial charge in [-0.15, -0.1) is 0 Å². The molecule has 0 saturated heterocycles. The van der Waals surface area contributed by atoms with Gasteiger partial charge in [-0.3, -0.25) is 0 Å². The fourth-order valence-corrected chi connectivity index (χ4v) is 1.80. The van der Waals surface area contributed by atoms with Gasteiger partial charge in [0.25, 0.3) is 0 Å². The standard InChI is InChI=1S/C12H16O2/c1-8(13)9-4-5-11-10(6-9)12(2,3)7-14-11/h4-6,8,13H,7H2,1-3H3. The molecule has 1 aliphatic rings. The molecule has 1 aromatic rings. The van der Waals surface area contributed by atoms with Gasteiger partial charge >= 0.3 is 0 Å². The number of aliphatic hydroxyl groups is 1. The van der Waals surface area contributed by atoms with Crippen molar-refractivity contribution in [2.24, 2.45) is 0 Å². The Balaban J connectivity index is 2.48. The summed E-state index contributed by atoms with van der Waals surface area (Å²) in [6.07, 6.45) is -0.406. The zero-order chi connectivity index (χ0) is 10.3. The molecule has 1 aliphatic heterocycles. The first-order chi connectivity index (χ1) is 6.50. The van der Waals surface area contributed by atoms with Crippen LogP contribution < -0.4 is 4.74 Å². The Hall–Kier alpha value is -1.02. The quantitative estimate of drug-likeness (QED) is 0.740. The molecule has 1 atom stereocenters. The van der Waals surface area contributed by atoms with Gasteiger partial charge in [0.05, 0.1) is 12.7 Å². The Morgan fingerprint density at radius 3 is 2.79 bits per heavy atom. The van der Waals surface area contributed by atoms with E-state index in [1.165, 1.54) is 5.56 Å². The predicted octanol–water partition coefficient (Wildman–Crippen LogP) is 2.41. The maximum Gasteiger partial charge on any atom is 0.123 e. The summed E-state index contributed by atoms with van der Waals surface area (Å²) >= 11 is 0. The second-order valence-corrected chi connectivity index (χ2v) is 4.60. The van der Waals surface area contributed by atoms with Crippen molar-refractivity contribution in [3.05, 3.63) is 29.3 Å². The Kier molecular flexibility index (Phi) is 2.04. The third kappa shape index (κ3) is 1.40. The van der Waals surface area contributed by atoms with E-state index in [2.05, 4.69) is 13.8 Å². The van der Waals surface area contributed by atoms with Crippen LogP contribution in [-0.4, -0.2) is 11.7 Å². The molecule has 2 nitrogen and oxygen atoms in total. The van der Waals surface area contributed by atoms with E-state index in [1.807, 2.05) is 18.2 Å². The first-order valence-corrected chi connectivity index (χ1v) is 4.96. The molecule has 1 unspecified atom stereocenters. The Morgan fingerprint density at radius 2 is 2.14 bits per heavy atom. The van der Waals surface area contributed by atoms with Crippen LogP contribution in [0.5, 0.6) is 5.75 Å². The van der Waals surface area contributed by atoms with Crippen LogP contribution in [0.2, 0.25) is 0 Å². The minimum atomic E-state index is -0.406. The average Bonchev–Trinajstić information content (AvgIpc) is 2.42. The number of fused-ring (bicyclic) bond motifs is 1. The van der Waals surface area contributed by atoms with E-state index in [-0.39, 0.29) is 5.41 Å². The lowest BCUT2D eigenvalue weighted by molar-refractivity contribution is 0.199. The summed E-state index contributed by atoms with van der Waals surface area (Å²) in [5.74, 6) is 0.958. The highest BCUT2D eigenvalue weighted by Crippen LogP contribution is 2.39. The Labute approximate surface area is 84.5 Å². The second-order valence-electron chi connectivity index (χ2n) is 4.60. The van der Waals surface area contributed by atoms with E-state index in [0.29, 0.717) is 0 Å². The van der Waals surface area contributed by atoms with Crippen molar-refractivity contribution < 1.29 is 9.84 Å². The van der Waals surface area contributed by atoms with Crippen molar-refractivity contribution in [1.82, 2.24) is 0 Å². The summed E-state index contributed by atoms with van der Waals surface area (Å²) in [7, 11) is 0. The van der Waals surface area contributed by atoms with Crippen LogP contribution in [0.1, 0.15) is 38.0 Å². The van der Waals surface area contributed by atoms with Gasteiger partial charge in [-0.05, 0) is 24.6 Å². The highest BCUT2D eigenvalue weighted by molar-refractivity contribution is 5.45. The molecular weight excluding hydrogens is 176 g/mol. The summed E-state index contributed by atoms with van der Waals surface area (Å²) in [5.41, 5.74) is 2.23. The molecule has 1 N–H and O–H groups in total. The maximum absolute atomic E-state index is 9.48. The van der Waals surface area contributed by atoms with Crippen LogP contribution in [-0.2, 0) is 5.41 Å². The van der Waals surface area contributed by atoms with E-state index >= 15 is 0 Å². The molecule has 0 saturated carbocycles. The number of aliphatic hydroxyl groups excluding tert-OH is 1. The number of benzene rings is 1. The van der Waals surface area contributed by atoms with Crippen molar-refractivity contribution in [1.29, 1.82) is 0 Å². The largest absolute Gasteiger partial charge is 0.492 e. The van der Waals surface area contributed by atoms with Gasteiger partial charge in [0, 0.05) is 11.0 Å². The van der Waals surface area contributed by atoms with Crippen molar-refractivity contribution in [3.8, 4) is 5.75 Å². The highest BCUT2D eigenvalue weighted by atomic mass is 16.5. The molecule has 14 heavy (non-hydrogen) atoms. The summed E-state index contributed by atoms with van der Waals surface area (Å²) in [6, 6.07) is 5.92. The van der Waals surface area contributed by atoms with E-state index in [1.54, 1.807) is 6.92 Å². The minimum Gasteiger partial charge on any atom is -0.492 e. The molecule has 0 spiro atoms. The fraction of sp³-hybridized carbons (Fsp3) is 0.500. The third-order valence-corrected chi connectivity index (χ3v) is 2.80. The first-order valence-electron chi connectivity index (χ1n) is 4.96. The molecule has 0 amide bonds. The van der Waals surface area contributed by atoms with Gasteiger partial charge in [0.2, 0.25) is 0 Å². The van der Waals surface area contributed by atoms with Gasteiger partial charge in [0.15, 0.2) is 0 Å². The van der Waals surface area contributed by atoms with Gasteiger partial charge in [-0.2, -0.15) is 0 Å². The SMILES string of the molecule is CC(O)c1ccc2c(c1)C(C)(C)CO2. The number of ether oxygens (including phenoxy) is 1. The van der Waals surface area contributed by atoms with Crippen LogP contribution >= 0.6 is 0 Å². The van der Waals surface area contributed by atoms with Crippen molar-refractivity contribution in [2.45, 2.75) is 32.3 Å². The molecule has 1 aromatic carbocycles. The Morgan fingerprint density at radius 1 is 1.43 bits per heavy atom. The van der Waals surface area contributed by atoms with Crippen LogP contribution in [0.4, 0.5) is 0 Å². The lowest BCUT2D eigenvalue weighted by Gasteiger charge is -2.16. The fourth-order valence-electron chi connectivity index (χ4n) is 1.80. The molecule has 2 heteroatoms. The summed E-state index contributed by atoms with van der Waals surface area (Å²) < 4.78 is 5.57. The molecule has 0 fully saturated rings. The van der Waals surface area contributed by atoms with Crippen LogP contribution in [0.3, 0.4) is 0 Å². The topological polar surface area (TPSA) is 29.5 Å². The van der Waals surface area contributed by atoms with Gasteiger partial charge in [0.1, 0.15) is 5.75 Å². The predicted molar refractivity (Wildman–Crippen MR) is 55.6 cm³/mol. The Bertz CT molecular complexity index is 353. The summed E-state index contributed by atoms with van der Waals surface area (Å²) in [4.78, 5) is 0. The van der Waals surface area contributed by atoms with Crippen molar-refractivity contribution >= 4 is 0 Å². The molecule has 0 aliphatic carbocycles. The smallest absolute Gasteiger partial charge is 0.123 e. The number of hydrogen-bond donors (Lipinski definition) is 1. The summed E-state index contributed by atoms with van der Waals surface area (Å²) in [5, 5.41) is 9.48. The average molecular weight is 192 g/mol. The molecule has 0 aromatic heterocycles. The first kappa shape index (κ1) is 9.53. The number of rotatable bonds is 1. The summed E-state index contributed by atoms with van der Waals surface area (Å²) in [6.45, 7) is 6.82. The van der Waals surface area contributed by atoms with Crippen LogP contribution in [0, 0.1) is 0 Å². The van der Waals surface area contributed by atoms with E-state index in [0.717, 1.165) is 17.9 Å². The molecule has 2 rings (SSSR count).